The van der Waals surface area contributed by atoms with Crippen molar-refractivity contribution in [3.05, 3.63) is 60.6 Å². The Morgan fingerprint density at radius 3 is 2.69 bits per heavy atom. The zero-order valence-electron chi connectivity index (χ0n) is 8.74. The molecule has 0 unspecified atom stereocenters. The molecule has 0 saturated heterocycles. The number of hydrogen-bond donors (Lipinski definition) is 0. The minimum absolute atomic E-state index is 0.788. The van der Waals surface area contributed by atoms with Crippen LogP contribution in [-0.2, 0) is 6.54 Å². The highest BCUT2D eigenvalue weighted by Gasteiger charge is 2.01. The summed E-state index contributed by atoms with van der Waals surface area (Å²) in [5.74, 6) is 0. The van der Waals surface area contributed by atoms with Crippen LogP contribution in [0.15, 0.2) is 55.0 Å². The molecule has 0 radical (unpaired) electrons. The predicted octanol–water partition coefficient (Wildman–Crippen LogP) is 2.48. The molecule has 0 amide bonds. The Morgan fingerprint density at radius 2 is 1.81 bits per heavy atom. The lowest BCUT2D eigenvalue weighted by Gasteiger charge is -2.02. The van der Waals surface area contributed by atoms with Gasteiger partial charge in [-0.1, -0.05) is 18.2 Å². The second-order valence-corrected chi connectivity index (χ2v) is 3.72. The van der Waals surface area contributed by atoms with Gasteiger partial charge in [-0.15, -0.1) is 0 Å². The molecule has 3 heteroatoms. The Bertz CT molecular complexity index is 599. The summed E-state index contributed by atoms with van der Waals surface area (Å²) >= 11 is 0. The first-order chi connectivity index (χ1) is 7.93. The molecule has 2 heterocycles. The lowest BCUT2D eigenvalue weighted by atomic mass is 10.2. The van der Waals surface area contributed by atoms with Crippen LogP contribution in [0.2, 0.25) is 0 Å². The van der Waals surface area contributed by atoms with E-state index in [4.69, 9.17) is 0 Å². The van der Waals surface area contributed by atoms with E-state index in [2.05, 4.69) is 22.2 Å². The fourth-order valence-corrected chi connectivity index (χ4v) is 1.81. The molecule has 3 nitrogen and oxygen atoms in total. The summed E-state index contributed by atoms with van der Waals surface area (Å²) in [5, 5.41) is 5.56. The first-order valence-electron chi connectivity index (χ1n) is 5.23. The maximum absolute atomic E-state index is 4.39. The number of hydrogen-bond acceptors (Lipinski definition) is 2. The maximum atomic E-state index is 4.39. The van der Waals surface area contributed by atoms with Crippen molar-refractivity contribution in [2.75, 3.05) is 0 Å². The topological polar surface area (TPSA) is 30.7 Å². The predicted molar refractivity (Wildman–Crippen MR) is 63.1 cm³/mol. The lowest BCUT2D eigenvalue weighted by molar-refractivity contribution is 0.711. The van der Waals surface area contributed by atoms with E-state index < -0.39 is 0 Å². The van der Waals surface area contributed by atoms with Crippen molar-refractivity contribution in [2.45, 2.75) is 6.54 Å². The molecule has 1 aromatic carbocycles. The van der Waals surface area contributed by atoms with Crippen molar-refractivity contribution in [2.24, 2.45) is 0 Å². The lowest BCUT2D eigenvalue weighted by Crippen LogP contribution is -2.00. The van der Waals surface area contributed by atoms with Gasteiger partial charge in [-0.3, -0.25) is 9.67 Å². The first kappa shape index (κ1) is 9.09. The van der Waals surface area contributed by atoms with E-state index in [0.29, 0.717) is 0 Å². The molecule has 0 saturated carbocycles. The van der Waals surface area contributed by atoms with Gasteiger partial charge in [-0.25, -0.2) is 0 Å². The fourth-order valence-electron chi connectivity index (χ4n) is 1.81. The quantitative estimate of drug-likeness (QED) is 0.649. The minimum Gasteiger partial charge on any atom is -0.265 e. The Hall–Kier alpha value is -2.16. The van der Waals surface area contributed by atoms with Gasteiger partial charge in [0.15, 0.2) is 0 Å². The van der Waals surface area contributed by atoms with Gasteiger partial charge < -0.3 is 0 Å². The molecule has 3 rings (SSSR count). The zero-order valence-corrected chi connectivity index (χ0v) is 8.74. The first-order valence-corrected chi connectivity index (χ1v) is 5.23. The number of aromatic nitrogens is 3. The van der Waals surface area contributed by atoms with Crippen LogP contribution in [0.1, 0.15) is 5.56 Å². The smallest absolute Gasteiger partial charge is 0.0686 e. The van der Waals surface area contributed by atoms with Crippen LogP contribution in [0.3, 0.4) is 0 Å². The van der Waals surface area contributed by atoms with Crippen molar-refractivity contribution < 1.29 is 0 Å². The van der Waals surface area contributed by atoms with Crippen LogP contribution in [-0.4, -0.2) is 14.8 Å². The minimum atomic E-state index is 0.788. The molecule has 0 N–H and O–H groups in total. The van der Waals surface area contributed by atoms with E-state index in [-0.39, 0.29) is 0 Å². The van der Waals surface area contributed by atoms with Gasteiger partial charge in [0.25, 0.3) is 0 Å². The molecule has 0 aliphatic heterocycles. The van der Waals surface area contributed by atoms with Crippen LogP contribution in [0.25, 0.3) is 10.9 Å². The summed E-state index contributed by atoms with van der Waals surface area (Å²) in [4.78, 5) is 4.01. The monoisotopic (exact) mass is 209 g/mol. The molecule has 0 fully saturated rings. The average molecular weight is 209 g/mol. The second kappa shape index (κ2) is 3.77. The van der Waals surface area contributed by atoms with Crippen molar-refractivity contribution in [3.63, 3.8) is 0 Å². The van der Waals surface area contributed by atoms with Crippen molar-refractivity contribution in [1.82, 2.24) is 14.8 Å². The van der Waals surface area contributed by atoms with Crippen LogP contribution in [0.4, 0.5) is 0 Å². The summed E-state index contributed by atoms with van der Waals surface area (Å²) < 4.78 is 2.00. The maximum Gasteiger partial charge on any atom is 0.0686 e. The van der Waals surface area contributed by atoms with E-state index in [1.807, 2.05) is 35.1 Å². The Morgan fingerprint density at radius 1 is 1.00 bits per heavy atom. The second-order valence-electron chi connectivity index (χ2n) is 3.72. The molecule has 0 atom stereocenters. The van der Waals surface area contributed by atoms with E-state index in [1.165, 1.54) is 16.5 Å². The van der Waals surface area contributed by atoms with Crippen LogP contribution >= 0.6 is 0 Å². The summed E-state index contributed by atoms with van der Waals surface area (Å²) in [6, 6.07) is 12.2. The summed E-state index contributed by atoms with van der Waals surface area (Å²) in [6.45, 7) is 0.788. The number of nitrogens with zero attached hydrogens (tertiary/aromatic N) is 3. The molecule has 2 aromatic heterocycles. The van der Waals surface area contributed by atoms with Crippen molar-refractivity contribution >= 4 is 10.9 Å². The third kappa shape index (κ3) is 1.56. The van der Waals surface area contributed by atoms with Gasteiger partial charge in [-0.05, 0) is 23.8 Å². The molecule has 0 spiro atoms. The molecule has 16 heavy (non-hydrogen) atoms. The SMILES string of the molecule is c1ccc2c(c1)cnn2Cc1ccncc1. The van der Waals surface area contributed by atoms with Crippen molar-refractivity contribution in [3.8, 4) is 0 Å². The molecule has 0 aliphatic rings. The third-order valence-electron chi connectivity index (χ3n) is 2.63. The summed E-state index contributed by atoms with van der Waals surface area (Å²) in [5.41, 5.74) is 2.38. The number of rotatable bonds is 2. The number of para-hydroxylation sites is 1. The summed E-state index contributed by atoms with van der Waals surface area (Å²) in [7, 11) is 0. The standard InChI is InChI=1S/C13H11N3/c1-2-4-13-12(3-1)9-15-16(13)10-11-5-7-14-8-6-11/h1-9H,10H2. The van der Waals surface area contributed by atoms with E-state index in [0.717, 1.165) is 6.54 Å². The van der Waals surface area contributed by atoms with E-state index in [9.17, 15) is 0 Å². The van der Waals surface area contributed by atoms with Gasteiger partial charge in [0, 0.05) is 17.8 Å². The Kier molecular flexibility index (Phi) is 2.14. The summed E-state index contributed by atoms with van der Waals surface area (Å²) in [6.07, 6.45) is 5.51. The Balaban J connectivity index is 2.01. The largest absolute Gasteiger partial charge is 0.265 e. The molecule has 0 aliphatic carbocycles. The highest BCUT2D eigenvalue weighted by molar-refractivity contribution is 5.78. The molecule has 3 aromatic rings. The number of benzene rings is 1. The number of fused-ring (bicyclic) bond motifs is 1. The molecule has 0 bridgehead atoms. The highest BCUT2D eigenvalue weighted by atomic mass is 15.3. The van der Waals surface area contributed by atoms with Crippen LogP contribution in [0.5, 0.6) is 0 Å². The third-order valence-corrected chi connectivity index (χ3v) is 2.63. The molecular weight excluding hydrogens is 198 g/mol. The van der Waals surface area contributed by atoms with E-state index >= 15 is 0 Å². The van der Waals surface area contributed by atoms with Crippen molar-refractivity contribution in [1.29, 1.82) is 0 Å². The zero-order chi connectivity index (χ0) is 10.8. The van der Waals surface area contributed by atoms with Gasteiger partial charge >= 0.3 is 0 Å². The molecular formula is C13H11N3. The van der Waals surface area contributed by atoms with Crippen LogP contribution < -0.4 is 0 Å². The van der Waals surface area contributed by atoms with Gasteiger partial charge in [0.2, 0.25) is 0 Å². The van der Waals surface area contributed by atoms with Crippen LogP contribution in [0, 0.1) is 0 Å². The Labute approximate surface area is 93.4 Å². The van der Waals surface area contributed by atoms with Gasteiger partial charge in [0.1, 0.15) is 0 Å². The molecule has 78 valence electrons. The number of pyridine rings is 1. The van der Waals surface area contributed by atoms with E-state index in [1.54, 1.807) is 12.4 Å². The fraction of sp³-hybridized carbons (Fsp3) is 0.0769. The average Bonchev–Trinajstić information content (AvgIpc) is 2.74. The van der Waals surface area contributed by atoms with Gasteiger partial charge in [0.05, 0.1) is 18.3 Å². The highest BCUT2D eigenvalue weighted by Crippen LogP contribution is 2.13. The van der Waals surface area contributed by atoms with Gasteiger partial charge in [-0.2, -0.15) is 5.10 Å². The normalized spacial score (nSPS) is 10.8.